The zero-order chi connectivity index (χ0) is 21.3. The van der Waals surface area contributed by atoms with Crippen LogP contribution in [0.5, 0.6) is 0 Å². The lowest BCUT2D eigenvalue weighted by Gasteiger charge is -2.29. The minimum atomic E-state index is -2.48. The number of halogens is 1. The molecular weight excluding hydrogens is 501 g/mol. The van der Waals surface area contributed by atoms with Crippen LogP contribution in [0, 0.1) is 10.1 Å². The van der Waals surface area contributed by atoms with Gasteiger partial charge < -0.3 is 31.1 Å². The van der Waals surface area contributed by atoms with Crippen LogP contribution in [0.3, 0.4) is 0 Å². The number of rotatable bonds is 6. The second-order valence-electron chi connectivity index (χ2n) is 6.35. The molecule has 6 N–H and O–H groups in total. The smallest absolute Gasteiger partial charge is 0.287 e. The molecule has 2 aromatic rings. The Balaban J connectivity index is 1.80. The number of nitrogens with zero attached hydrogens (tertiary/aromatic N) is 3. The maximum Gasteiger partial charge on any atom is 0.287 e. The Morgan fingerprint density at radius 1 is 1.41 bits per heavy atom. The van der Waals surface area contributed by atoms with Crippen LogP contribution in [-0.4, -0.2) is 58.4 Å². The van der Waals surface area contributed by atoms with E-state index in [1.54, 1.807) is 0 Å². The van der Waals surface area contributed by atoms with Gasteiger partial charge in [0.05, 0.1) is 11.1 Å². The quantitative estimate of drug-likeness (QED) is 0.145. The van der Waals surface area contributed by atoms with E-state index in [4.69, 9.17) is 10.5 Å². The van der Waals surface area contributed by atoms with E-state index in [9.17, 15) is 30.2 Å². The molecule has 1 amide bonds. The number of hydrogen-bond acceptors (Lipinski definition) is 9. The summed E-state index contributed by atoms with van der Waals surface area (Å²) in [6, 6.07) is 5.57. The van der Waals surface area contributed by atoms with Gasteiger partial charge in [-0.2, -0.15) is 0 Å². The van der Waals surface area contributed by atoms with Crippen LogP contribution in [0.25, 0.3) is 0 Å². The molecule has 1 aliphatic heterocycles. The fourth-order valence-electron chi connectivity index (χ4n) is 2.95. The topological polar surface area (TPSA) is 186 Å². The summed E-state index contributed by atoms with van der Waals surface area (Å²) in [4.78, 5) is 26.6. The van der Waals surface area contributed by atoms with E-state index in [0.29, 0.717) is 5.56 Å². The number of aromatic nitrogens is 2. The van der Waals surface area contributed by atoms with Gasteiger partial charge in [-0.15, -0.1) is 0 Å². The van der Waals surface area contributed by atoms with Crippen LogP contribution < -0.4 is 11.1 Å². The van der Waals surface area contributed by atoms with Crippen molar-refractivity contribution in [1.82, 2.24) is 14.9 Å². The number of imidazole rings is 1. The number of aliphatic hydroxyl groups excluding tert-OH is 2. The number of nitro benzene ring substituents is 1. The molecule has 12 nitrogen and oxygen atoms in total. The van der Waals surface area contributed by atoms with Gasteiger partial charge in [-0.3, -0.25) is 19.5 Å². The SMILES string of the molecule is Nc1cnc(C(=O)NCc2ccc([N+](=O)[O-])cc2)n1[C@]1(O)O[C@H](CI)[C@@H](O)[C@H]1O. The number of nitrogens with two attached hydrogens (primary N) is 1. The van der Waals surface area contributed by atoms with Gasteiger partial charge in [0.25, 0.3) is 17.5 Å². The van der Waals surface area contributed by atoms with E-state index in [0.717, 1.165) is 10.8 Å². The molecule has 13 heteroatoms. The predicted molar refractivity (Wildman–Crippen MR) is 107 cm³/mol. The predicted octanol–water partition coefficient (Wildman–Crippen LogP) is -0.538. The van der Waals surface area contributed by atoms with E-state index in [2.05, 4.69) is 10.3 Å². The Labute approximate surface area is 177 Å². The van der Waals surface area contributed by atoms with Gasteiger partial charge in [-0.05, 0) is 5.56 Å². The molecular formula is C16H18IN5O7. The lowest BCUT2D eigenvalue weighted by atomic mass is 10.1. The zero-order valence-electron chi connectivity index (χ0n) is 14.8. The first-order chi connectivity index (χ1) is 13.7. The number of amides is 1. The minimum absolute atomic E-state index is 0.0183. The molecule has 1 aromatic carbocycles. The largest absolute Gasteiger partial charge is 0.387 e. The molecule has 1 fully saturated rings. The Bertz CT molecular complexity index is 921. The van der Waals surface area contributed by atoms with E-state index < -0.39 is 35.1 Å². The number of nitro groups is 1. The standard InChI is InChI=1S/C16H18IN5O7/c17-5-10-12(23)13(24)16(26,29-10)21-11(18)7-19-14(21)15(25)20-6-8-1-3-9(4-2-8)22(27)28/h1-4,7,10,12-13,23-24,26H,5-6,18H2,(H,20,25)/t10-,12-,13-,16-/m1/s1. The Morgan fingerprint density at radius 3 is 2.62 bits per heavy atom. The van der Waals surface area contributed by atoms with Crippen LogP contribution in [0.4, 0.5) is 11.5 Å². The first kappa shape index (κ1) is 21.4. The zero-order valence-corrected chi connectivity index (χ0v) is 17.0. The Kier molecular flexibility index (Phi) is 6.04. The van der Waals surface area contributed by atoms with Crippen LogP contribution in [0.2, 0.25) is 0 Å². The summed E-state index contributed by atoms with van der Waals surface area (Å²) in [5.74, 6) is -3.71. The third-order valence-electron chi connectivity index (χ3n) is 4.48. The van der Waals surface area contributed by atoms with Crippen LogP contribution in [-0.2, 0) is 17.2 Å². The molecule has 0 radical (unpaired) electrons. The van der Waals surface area contributed by atoms with Gasteiger partial charge in [-0.25, -0.2) is 4.98 Å². The lowest BCUT2D eigenvalue weighted by Crippen LogP contribution is -2.48. The van der Waals surface area contributed by atoms with E-state index in [1.807, 2.05) is 22.6 Å². The lowest BCUT2D eigenvalue weighted by molar-refractivity contribution is -0.384. The molecule has 0 unspecified atom stereocenters. The summed E-state index contributed by atoms with van der Waals surface area (Å²) in [7, 11) is 0. The number of anilines is 1. The summed E-state index contributed by atoms with van der Waals surface area (Å²) in [6.07, 6.45) is -2.93. The number of alkyl halides is 1. The highest BCUT2D eigenvalue weighted by Gasteiger charge is 2.56. The molecule has 29 heavy (non-hydrogen) atoms. The number of carbonyl (C=O) groups excluding carboxylic acids is 1. The van der Waals surface area contributed by atoms with Crippen molar-refractivity contribution in [3.05, 3.63) is 52.0 Å². The maximum absolute atomic E-state index is 12.6. The van der Waals surface area contributed by atoms with Gasteiger partial charge in [0, 0.05) is 23.1 Å². The number of benzene rings is 1. The molecule has 1 aromatic heterocycles. The minimum Gasteiger partial charge on any atom is -0.387 e. The summed E-state index contributed by atoms with van der Waals surface area (Å²) in [5, 5.41) is 44.4. The maximum atomic E-state index is 12.6. The third kappa shape index (κ3) is 3.91. The van der Waals surface area contributed by atoms with Crippen molar-refractivity contribution in [3.8, 4) is 0 Å². The van der Waals surface area contributed by atoms with Crippen molar-refractivity contribution in [3.63, 3.8) is 0 Å². The number of aliphatic hydroxyl groups is 3. The molecule has 3 rings (SSSR count). The summed E-state index contributed by atoms with van der Waals surface area (Å²) < 4.78 is 6.47. The first-order valence-electron chi connectivity index (χ1n) is 8.36. The van der Waals surface area contributed by atoms with Crippen molar-refractivity contribution >= 4 is 40.0 Å². The molecule has 4 atom stereocenters. The molecule has 0 bridgehead atoms. The number of hydrogen-bond donors (Lipinski definition) is 5. The second kappa shape index (κ2) is 8.19. The fraction of sp³-hybridized carbons (Fsp3) is 0.375. The number of nitrogen functional groups attached to an aromatic ring is 1. The Morgan fingerprint density at radius 2 is 2.07 bits per heavy atom. The highest BCUT2D eigenvalue weighted by Crippen LogP contribution is 2.36. The van der Waals surface area contributed by atoms with Gasteiger partial charge >= 0.3 is 0 Å². The highest BCUT2D eigenvalue weighted by molar-refractivity contribution is 14.1. The molecule has 0 aliphatic carbocycles. The van der Waals surface area contributed by atoms with Crippen molar-refractivity contribution in [1.29, 1.82) is 0 Å². The highest BCUT2D eigenvalue weighted by atomic mass is 127. The normalized spacial score (nSPS) is 26.4. The van der Waals surface area contributed by atoms with Crippen LogP contribution >= 0.6 is 22.6 Å². The van der Waals surface area contributed by atoms with Gasteiger partial charge in [0.15, 0.2) is 6.10 Å². The number of carbonyl (C=O) groups is 1. The summed E-state index contributed by atoms with van der Waals surface area (Å²) in [6.45, 7) is 0.0183. The van der Waals surface area contributed by atoms with Crippen molar-refractivity contribution < 1.29 is 29.8 Å². The Hall–Kier alpha value is -2.33. The van der Waals surface area contributed by atoms with Crippen molar-refractivity contribution in [2.24, 2.45) is 0 Å². The monoisotopic (exact) mass is 519 g/mol. The van der Waals surface area contributed by atoms with E-state index in [-0.39, 0.29) is 28.3 Å². The second-order valence-corrected chi connectivity index (χ2v) is 7.23. The molecule has 0 spiro atoms. The summed E-state index contributed by atoms with van der Waals surface area (Å²) >= 11 is 1.92. The third-order valence-corrected chi connectivity index (χ3v) is 5.35. The first-order valence-corrected chi connectivity index (χ1v) is 9.89. The van der Waals surface area contributed by atoms with Crippen LogP contribution in [0.15, 0.2) is 30.5 Å². The van der Waals surface area contributed by atoms with Gasteiger partial charge in [0.1, 0.15) is 18.0 Å². The van der Waals surface area contributed by atoms with Crippen molar-refractivity contribution in [2.45, 2.75) is 30.8 Å². The van der Waals surface area contributed by atoms with Gasteiger partial charge in [0.2, 0.25) is 5.82 Å². The number of ether oxygens (including phenoxy) is 1. The summed E-state index contributed by atoms with van der Waals surface area (Å²) in [5.41, 5.74) is 6.32. The van der Waals surface area contributed by atoms with Crippen molar-refractivity contribution in [2.75, 3.05) is 10.2 Å². The average molecular weight is 519 g/mol. The number of nitrogens with one attached hydrogen (secondary N) is 1. The van der Waals surface area contributed by atoms with E-state index in [1.165, 1.54) is 24.3 Å². The molecule has 2 heterocycles. The van der Waals surface area contributed by atoms with Crippen LogP contribution in [0.1, 0.15) is 16.2 Å². The molecule has 156 valence electrons. The number of non-ortho nitro benzene ring substituents is 1. The average Bonchev–Trinajstić information content (AvgIpc) is 3.20. The molecule has 0 saturated carbocycles. The fourth-order valence-corrected chi connectivity index (χ4v) is 3.66. The van der Waals surface area contributed by atoms with Gasteiger partial charge in [-0.1, -0.05) is 34.7 Å². The molecule has 1 saturated heterocycles. The van der Waals surface area contributed by atoms with E-state index >= 15 is 0 Å². The molecule has 1 aliphatic rings.